The maximum absolute atomic E-state index is 12.7. The second-order valence-electron chi connectivity index (χ2n) is 15.0. The third kappa shape index (κ3) is 29.5. The van der Waals surface area contributed by atoms with Crippen LogP contribution in [0.3, 0.4) is 0 Å². The third-order valence-corrected chi connectivity index (χ3v) is 10.3. The van der Waals surface area contributed by atoms with Gasteiger partial charge < -0.3 is 34.3 Å². The predicted molar refractivity (Wildman–Crippen MR) is 229 cm³/mol. The summed E-state index contributed by atoms with van der Waals surface area (Å²) in [6.45, 7) is 3.63. The Morgan fingerprint density at radius 3 is 1.60 bits per heavy atom. The minimum absolute atomic E-state index is 0.0454. The molecule has 0 bridgehead atoms. The van der Waals surface area contributed by atoms with Crippen LogP contribution in [0.1, 0.15) is 155 Å². The van der Waals surface area contributed by atoms with E-state index in [0.29, 0.717) is 19.3 Å². The summed E-state index contributed by atoms with van der Waals surface area (Å²) in [7, 11) is -4.61. The van der Waals surface area contributed by atoms with Gasteiger partial charge in [0.15, 0.2) is 12.4 Å². The monoisotopic (exact) mass is 841 g/mol. The van der Waals surface area contributed by atoms with E-state index in [9.17, 15) is 37.9 Å². The van der Waals surface area contributed by atoms with Crippen LogP contribution in [0.15, 0.2) is 60.8 Å². The van der Waals surface area contributed by atoms with Crippen molar-refractivity contribution >= 4 is 22.1 Å². The highest BCUT2D eigenvalue weighted by Gasteiger charge is 2.46. The van der Waals surface area contributed by atoms with Crippen molar-refractivity contribution in [1.82, 2.24) is 0 Å². The second kappa shape index (κ2) is 35.1. The van der Waals surface area contributed by atoms with Gasteiger partial charge in [-0.2, -0.15) is 8.42 Å². The average Bonchev–Trinajstić information content (AvgIpc) is 3.18. The molecule has 1 saturated heterocycles. The highest BCUT2D eigenvalue weighted by atomic mass is 32.2. The van der Waals surface area contributed by atoms with Crippen LogP contribution in [0.4, 0.5) is 0 Å². The first-order valence-corrected chi connectivity index (χ1v) is 23.5. The first kappa shape index (κ1) is 53.4. The summed E-state index contributed by atoms with van der Waals surface area (Å²) in [5, 5.41) is 30.8. The van der Waals surface area contributed by atoms with Crippen molar-refractivity contribution in [2.24, 2.45) is 0 Å². The molecule has 3 unspecified atom stereocenters. The van der Waals surface area contributed by atoms with E-state index in [0.717, 1.165) is 32.1 Å². The maximum atomic E-state index is 12.7. The summed E-state index contributed by atoms with van der Waals surface area (Å²) >= 11 is 0. The van der Waals surface area contributed by atoms with Crippen molar-refractivity contribution in [3.05, 3.63) is 60.8 Å². The number of aliphatic hydroxyl groups is 3. The first-order valence-electron chi connectivity index (χ1n) is 21.8. The molecule has 0 aliphatic carbocycles. The molecule has 6 atom stereocenters. The van der Waals surface area contributed by atoms with Crippen molar-refractivity contribution in [3.8, 4) is 0 Å². The van der Waals surface area contributed by atoms with Crippen LogP contribution in [0, 0.1) is 0 Å². The topological polar surface area (TPSA) is 186 Å². The summed E-state index contributed by atoms with van der Waals surface area (Å²) in [5.41, 5.74) is 0. The zero-order chi connectivity index (χ0) is 42.7. The van der Waals surface area contributed by atoms with E-state index in [-0.39, 0.29) is 19.4 Å². The van der Waals surface area contributed by atoms with Crippen molar-refractivity contribution in [2.75, 3.05) is 19.0 Å². The molecule has 334 valence electrons. The number of aliphatic hydroxyl groups excluding tert-OH is 3. The van der Waals surface area contributed by atoms with E-state index in [1.54, 1.807) is 0 Å². The molecule has 12 nitrogen and oxygen atoms in total. The molecule has 1 fully saturated rings. The van der Waals surface area contributed by atoms with Crippen molar-refractivity contribution in [2.45, 2.75) is 192 Å². The molecule has 0 radical (unpaired) electrons. The van der Waals surface area contributed by atoms with Crippen molar-refractivity contribution < 1.29 is 56.8 Å². The van der Waals surface area contributed by atoms with Crippen LogP contribution in [-0.4, -0.2) is 96.0 Å². The lowest BCUT2D eigenvalue weighted by molar-refractivity contribution is -0.297. The van der Waals surface area contributed by atoms with Crippen LogP contribution in [0.2, 0.25) is 0 Å². The molecule has 4 N–H and O–H groups in total. The Bertz CT molecular complexity index is 1310. The van der Waals surface area contributed by atoms with Gasteiger partial charge in [0.2, 0.25) is 0 Å². The number of esters is 2. The van der Waals surface area contributed by atoms with Gasteiger partial charge in [-0.1, -0.05) is 139 Å². The largest absolute Gasteiger partial charge is 0.462 e. The van der Waals surface area contributed by atoms with Gasteiger partial charge in [-0.3, -0.25) is 14.1 Å². The van der Waals surface area contributed by atoms with Gasteiger partial charge in [0.25, 0.3) is 10.1 Å². The lowest BCUT2D eigenvalue weighted by atomic mass is 10.00. The van der Waals surface area contributed by atoms with Crippen LogP contribution in [-0.2, 0) is 38.7 Å². The number of unbranched alkanes of at least 4 members (excludes halogenated alkanes) is 13. The van der Waals surface area contributed by atoms with E-state index in [2.05, 4.69) is 56.4 Å². The van der Waals surface area contributed by atoms with Crippen LogP contribution in [0.5, 0.6) is 0 Å². The number of allylic oxidation sites excluding steroid dienone is 10. The number of carbonyl (C=O) groups excluding carboxylic acids is 2. The number of carbonyl (C=O) groups is 2. The summed E-state index contributed by atoms with van der Waals surface area (Å²) in [5.74, 6) is -2.14. The number of hydrogen-bond acceptors (Lipinski definition) is 11. The maximum Gasteiger partial charge on any atom is 0.306 e. The molecule has 0 aromatic carbocycles. The van der Waals surface area contributed by atoms with E-state index in [1.165, 1.54) is 77.0 Å². The summed E-state index contributed by atoms with van der Waals surface area (Å²) < 4.78 is 53.8. The molecule has 1 heterocycles. The fraction of sp³-hybridized carbons (Fsp3) is 0.733. The molecular weight excluding hydrogens is 765 g/mol. The standard InChI is InChI=1S/C45H76O12S/c1-3-5-7-9-11-13-15-17-18-19-20-22-23-25-27-29-31-33-40(46)54-35-38(36-55-45-44(50)43(49)42(48)39(57-45)37-58(51,52)53)56-41(47)34-32-30-28-26-24-21-16-14-12-10-8-6-4-2/h17-18,20-22,24-25,27-28,30,38-39,42-45,48-50H,3-16,19,23,26,29,31-37H2,1-2H3,(H,51,52,53)/b18-17+,22-20+,24-21+,27-25+,30-28+/t38?,39-,42-,43?,44?,45+/m1/s1. The molecule has 0 amide bonds. The van der Waals surface area contributed by atoms with E-state index >= 15 is 0 Å². The van der Waals surface area contributed by atoms with Gasteiger partial charge in [0.05, 0.1) is 6.61 Å². The van der Waals surface area contributed by atoms with E-state index in [4.69, 9.17) is 18.9 Å². The highest BCUT2D eigenvalue weighted by molar-refractivity contribution is 7.85. The summed E-state index contributed by atoms with van der Waals surface area (Å²) in [6.07, 6.45) is 33.0. The molecule has 1 aliphatic heterocycles. The Morgan fingerprint density at radius 2 is 1.07 bits per heavy atom. The third-order valence-electron chi connectivity index (χ3n) is 9.58. The predicted octanol–water partition coefficient (Wildman–Crippen LogP) is 8.56. The zero-order valence-electron chi connectivity index (χ0n) is 35.4. The first-order chi connectivity index (χ1) is 28.0. The van der Waals surface area contributed by atoms with Gasteiger partial charge in [0, 0.05) is 12.8 Å². The van der Waals surface area contributed by atoms with E-state index in [1.807, 2.05) is 18.2 Å². The van der Waals surface area contributed by atoms with Crippen molar-refractivity contribution in [3.63, 3.8) is 0 Å². The number of ether oxygens (including phenoxy) is 4. The molecular formula is C45H76O12S. The van der Waals surface area contributed by atoms with Gasteiger partial charge in [-0.25, -0.2) is 0 Å². The lowest BCUT2D eigenvalue weighted by Gasteiger charge is -2.40. The number of hydrogen-bond donors (Lipinski definition) is 4. The number of rotatable bonds is 35. The molecule has 13 heteroatoms. The highest BCUT2D eigenvalue weighted by Crippen LogP contribution is 2.24. The molecule has 0 aromatic rings. The lowest BCUT2D eigenvalue weighted by Crippen LogP contribution is -2.60. The van der Waals surface area contributed by atoms with Crippen LogP contribution < -0.4 is 0 Å². The smallest absolute Gasteiger partial charge is 0.306 e. The zero-order valence-corrected chi connectivity index (χ0v) is 36.2. The molecule has 0 spiro atoms. The molecule has 0 saturated carbocycles. The minimum Gasteiger partial charge on any atom is -0.462 e. The van der Waals surface area contributed by atoms with E-state index < -0.39 is 71.2 Å². The Hall–Kier alpha value is -2.65. The van der Waals surface area contributed by atoms with Gasteiger partial charge in [0.1, 0.15) is 36.8 Å². The van der Waals surface area contributed by atoms with Crippen LogP contribution in [0.25, 0.3) is 0 Å². The van der Waals surface area contributed by atoms with Gasteiger partial charge in [-0.05, 0) is 64.2 Å². The summed E-state index contributed by atoms with van der Waals surface area (Å²) in [4.78, 5) is 25.3. The quantitative estimate of drug-likeness (QED) is 0.0207. The SMILES string of the molecule is CCCCCCCC/C=C/C/C=C/C/C=C/CCCC(=O)OCC(CO[C@H]1O[C@H](CS(=O)(=O)O)[C@@H](O)C(O)C1O)OC(=O)CC/C=C/C/C=C/CCCCCCCC. The Balaban J connectivity index is 2.54. The van der Waals surface area contributed by atoms with Crippen molar-refractivity contribution in [1.29, 1.82) is 0 Å². The Labute approximate surface area is 349 Å². The van der Waals surface area contributed by atoms with Gasteiger partial charge in [-0.15, -0.1) is 0 Å². The minimum atomic E-state index is -4.61. The second-order valence-corrected chi connectivity index (χ2v) is 16.5. The van der Waals surface area contributed by atoms with Crippen LogP contribution >= 0.6 is 0 Å². The molecule has 1 aliphatic rings. The molecule has 1 rings (SSSR count). The Morgan fingerprint density at radius 1 is 0.586 bits per heavy atom. The molecule has 0 aromatic heterocycles. The normalized spacial score (nSPS) is 21.0. The fourth-order valence-corrected chi connectivity index (χ4v) is 6.85. The summed E-state index contributed by atoms with van der Waals surface area (Å²) in [6, 6.07) is 0. The average molecular weight is 841 g/mol. The Kier molecular flexibility index (Phi) is 32.3. The molecule has 58 heavy (non-hydrogen) atoms. The fourth-order valence-electron chi connectivity index (χ4n) is 6.16. The van der Waals surface area contributed by atoms with Gasteiger partial charge >= 0.3 is 11.9 Å².